The van der Waals surface area contributed by atoms with Crippen molar-refractivity contribution >= 4 is 101 Å². The lowest BCUT2D eigenvalue weighted by atomic mass is 9.33. The molecule has 15 aromatic rings. The molecule has 0 amide bonds. The molecule has 0 radical (unpaired) electrons. The van der Waals surface area contributed by atoms with Gasteiger partial charge in [-0.1, -0.05) is 266 Å². The van der Waals surface area contributed by atoms with Crippen molar-refractivity contribution < 1.29 is 0 Å². The first kappa shape index (κ1) is 67.5. The van der Waals surface area contributed by atoms with Crippen LogP contribution in [0, 0.1) is 11.3 Å². The maximum atomic E-state index is 10.5. The molecule has 4 heterocycles. The van der Waals surface area contributed by atoms with Crippen LogP contribution in [0.2, 0.25) is 0 Å². The second kappa shape index (κ2) is 25.4. The summed E-state index contributed by atoms with van der Waals surface area (Å²) in [5, 5.41) is 15.2. The van der Waals surface area contributed by atoms with E-state index in [4.69, 9.17) is 0 Å². The number of hydrogen-bond acceptors (Lipinski definition) is 3. The molecule has 524 valence electrons. The van der Waals surface area contributed by atoms with Gasteiger partial charge in [0.1, 0.15) is 0 Å². The molecule has 107 heavy (non-hydrogen) atoms. The van der Waals surface area contributed by atoms with Gasteiger partial charge in [0.25, 0.3) is 6.71 Å². The summed E-state index contributed by atoms with van der Waals surface area (Å²) in [5.41, 5.74) is 33.5. The van der Waals surface area contributed by atoms with Crippen molar-refractivity contribution in [2.24, 2.45) is 0 Å². The Labute approximate surface area is 632 Å². The lowest BCUT2D eigenvalue weighted by Crippen LogP contribution is -2.61. The summed E-state index contributed by atoms with van der Waals surface area (Å²) >= 11 is 0. The summed E-state index contributed by atoms with van der Waals surface area (Å²) in [4.78, 5) is 5.54. The second-order valence-electron chi connectivity index (χ2n) is 34.7. The lowest BCUT2D eigenvalue weighted by Gasteiger charge is -2.46. The molecular formula is C101H92BN5. The molecule has 0 spiro atoms. The van der Waals surface area contributed by atoms with Crippen LogP contribution in [0.3, 0.4) is 0 Å². The van der Waals surface area contributed by atoms with Crippen molar-refractivity contribution in [2.45, 2.75) is 143 Å². The number of rotatable bonds is 9. The summed E-state index contributed by atoms with van der Waals surface area (Å²) in [7, 11) is 0. The number of benzene rings is 13. The van der Waals surface area contributed by atoms with Crippen LogP contribution in [0.5, 0.6) is 0 Å². The Kier molecular flexibility index (Phi) is 16.0. The number of nitrogens with zero attached hydrogens (tertiary/aromatic N) is 5. The third-order valence-corrected chi connectivity index (χ3v) is 23.7. The molecule has 0 N–H and O–H groups in total. The van der Waals surface area contributed by atoms with Gasteiger partial charge >= 0.3 is 0 Å². The van der Waals surface area contributed by atoms with Crippen molar-refractivity contribution in [3.8, 4) is 62.0 Å². The highest BCUT2D eigenvalue weighted by atomic mass is 15.2. The van der Waals surface area contributed by atoms with Crippen LogP contribution in [-0.4, -0.2) is 15.8 Å². The third kappa shape index (κ3) is 11.4. The van der Waals surface area contributed by atoms with E-state index in [0.717, 1.165) is 79.9 Å². The maximum Gasteiger partial charge on any atom is 0.252 e. The fraction of sp³-hybridized carbons (Fsp3) is 0.218. The Morgan fingerprint density at radius 1 is 0.327 bits per heavy atom. The van der Waals surface area contributed by atoms with E-state index in [1.54, 1.807) is 0 Å². The Balaban J connectivity index is 1.03. The van der Waals surface area contributed by atoms with Gasteiger partial charge in [-0.3, -0.25) is 0 Å². The average Bonchev–Trinajstić information content (AvgIpc) is 0.867. The van der Waals surface area contributed by atoms with E-state index in [0.29, 0.717) is 11.5 Å². The largest absolute Gasteiger partial charge is 0.310 e. The predicted octanol–water partition coefficient (Wildman–Crippen LogP) is 25.7. The van der Waals surface area contributed by atoms with Crippen molar-refractivity contribution in [1.82, 2.24) is 9.13 Å². The van der Waals surface area contributed by atoms with E-state index in [-0.39, 0.29) is 28.4 Å². The Hall–Kier alpha value is -11.4. The SMILES string of the molecule is CC(C)(C)c1cc(-c2ccccc2)c(N2c3cc(-n4c5ccccc5c5cc(C#N)ccc54)ccc3B3c4ccc(-n5c6ccc(C(C)(C)C)cc6c6cc(C(C)(C)C)ccc65)cc4N(c4c(-c5ccccc5)cc(C(C)(C)C)cc4-c4ccccc4)c4cc(C5CCCCC5)cc2c43)c(-c2ccccc2)c1. The third-order valence-electron chi connectivity index (χ3n) is 23.7. The van der Waals surface area contributed by atoms with Gasteiger partial charge in [-0.15, -0.1) is 0 Å². The van der Waals surface area contributed by atoms with Gasteiger partial charge in [0.15, 0.2) is 0 Å². The summed E-state index contributed by atoms with van der Waals surface area (Å²) in [6.07, 6.45) is 5.83. The van der Waals surface area contributed by atoms with Crippen LogP contribution in [0.1, 0.15) is 154 Å². The van der Waals surface area contributed by atoms with Crippen LogP contribution in [0.25, 0.3) is 99.5 Å². The summed E-state index contributed by atoms with van der Waals surface area (Å²) in [6, 6.07) is 107. The maximum absolute atomic E-state index is 10.5. The minimum absolute atomic E-state index is 0.0605. The van der Waals surface area contributed by atoms with E-state index in [2.05, 4.69) is 375 Å². The van der Waals surface area contributed by atoms with Crippen LogP contribution >= 0.6 is 0 Å². The fourth-order valence-corrected chi connectivity index (χ4v) is 17.9. The first-order valence-electron chi connectivity index (χ1n) is 38.8. The minimum Gasteiger partial charge on any atom is -0.310 e. The zero-order valence-electron chi connectivity index (χ0n) is 63.9. The molecule has 0 saturated heterocycles. The quantitative estimate of drug-likeness (QED) is 0.135. The van der Waals surface area contributed by atoms with Gasteiger partial charge in [0.2, 0.25) is 0 Å². The highest BCUT2D eigenvalue weighted by Gasteiger charge is 2.47. The van der Waals surface area contributed by atoms with Crippen molar-refractivity contribution in [2.75, 3.05) is 9.80 Å². The fourth-order valence-electron chi connectivity index (χ4n) is 17.9. The van der Waals surface area contributed by atoms with Crippen LogP contribution in [-0.2, 0) is 21.7 Å². The summed E-state index contributed by atoms with van der Waals surface area (Å²) < 4.78 is 5.02. The minimum atomic E-state index is -0.248. The van der Waals surface area contributed by atoms with E-state index < -0.39 is 0 Å². The normalized spacial score (nSPS) is 14.1. The average molecular weight is 1390 g/mol. The molecule has 18 rings (SSSR count). The molecule has 13 aromatic carbocycles. The van der Waals surface area contributed by atoms with E-state index >= 15 is 0 Å². The number of anilines is 6. The Morgan fingerprint density at radius 3 is 1.08 bits per heavy atom. The zero-order chi connectivity index (χ0) is 73.6. The zero-order valence-corrected chi connectivity index (χ0v) is 63.9. The van der Waals surface area contributed by atoms with E-state index in [1.165, 1.54) is 130 Å². The molecule has 3 aliphatic rings. The molecule has 6 heteroatoms. The molecular weight excluding hydrogens is 1290 g/mol. The van der Waals surface area contributed by atoms with Gasteiger partial charge in [-0.25, -0.2) is 0 Å². The molecule has 0 unspecified atom stereocenters. The molecule has 2 aromatic heterocycles. The number of para-hydroxylation sites is 1. The standard InChI is InChI=1S/C101H92BN5/c1-98(2,3)71-43-50-89-83(55-71)84-56-72(99(4,5)6)44-51-90(84)105(89)76-46-48-86-92(62-76)107(97-80(68-36-24-16-25-37-68)59-74(101(10,11)12)60-81(97)69-38-26-17-27-39-69)94-54-70(65-30-18-13-19-31-65)53-93-95(94)102(86)85-47-45-75(104-87-41-29-28-40-77(87)82-52-64(63-103)42-49-88(82)104)61-91(85)106(93)96-78(66-32-20-14-21-33-66)57-73(100(7,8)9)58-79(96)67-34-22-15-23-35-67/h14-17,20-29,32-62,65H,13,18-19,30-31H2,1-12H3. The summed E-state index contributed by atoms with van der Waals surface area (Å²) in [6.45, 7) is 28.0. The van der Waals surface area contributed by atoms with Gasteiger partial charge in [0, 0.05) is 77.9 Å². The van der Waals surface area contributed by atoms with Gasteiger partial charge < -0.3 is 18.9 Å². The number of hydrogen-bond donors (Lipinski definition) is 0. The van der Waals surface area contributed by atoms with Crippen molar-refractivity contribution in [1.29, 1.82) is 5.26 Å². The van der Waals surface area contributed by atoms with E-state index in [9.17, 15) is 5.26 Å². The molecule has 0 bridgehead atoms. The topological polar surface area (TPSA) is 40.1 Å². The van der Waals surface area contributed by atoms with Gasteiger partial charge in [-0.2, -0.15) is 5.26 Å². The molecule has 1 aliphatic carbocycles. The first-order chi connectivity index (χ1) is 51.6. The van der Waals surface area contributed by atoms with Crippen LogP contribution in [0.15, 0.2) is 273 Å². The smallest absolute Gasteiger partial charge is 0.252 e. The van der Waals surface area contributed by atoms with E-state index in [1.807, 2.05) is 6.07 Å². The van der Waals surface area contributed by atoms with Gasteiger partial charge in [0.05, 0.1) is 45.1 Å². The second-order valence-corrected chi connectivity index (χ2v) is 34.7. The molecule has 2 aliphatic heterocycles. The predicted molar refractivity (Wildman–Crippen MR) is 456 cm³/mol. The Morgan fingerprint density at radius 2 is 0.692 bits per heavy atom. The highest BCUT2D eigenvalue weighted by Crippen LogP contribution is 2.56. The molecule has 1 fully saturated rings. The summed E-state index contributed by atoms with van der Waals surface area (Å²) in [5.74, 6) is 0.313. The molecule has 5 nitrogen and oxygen atoms in total. The number of nitriles is 1. The molecule has 0 atom stereocenters. The highest BCUT2D eigenvalue weighted by molar-refractivity contribution is 7.00. The van der Waals surface area contributed by atoms with Crippen molar-refractivity contribution in [3.63, 3.8) is 0 Å². The Bertz CT molecular complexity index is 5900. The number of aromatic nitrogens is 2. The first-order valence-corrected chi connectivity index (χ1v) is 38.8. The van der Waals surface area contributed by atoms with Gasteiger partial charge in [-0.05, 0) is 216 Å². The van der Waals surface area contributed by atoms with Crippen LogP contribution in [0.4, 0.5) is 34.1 Å². The molecule has 1 saturated carbocycles. The lowest BCUT2D eigenvalue weighted by molar-refractivity contribution is 0.444. The van der Waals surface area contributed by atoms with Crippen LogP contribution < -0.4 is 26.2 Å². The number of fused-ring (bicyclic) bond motifs is 10. The van der Waals surface area contributed by atoms with Crippen molar-refractivity contribution in [3.05, 3.63) is 306 Å². The monoisotopic (exact) mass is 1390 g/mol.